The van der Waals surface area contributed by atoms with Crippen molar-refractivity contribution in [2.45, 2.75) is 40.0 Å². The van der Waals surface area contributed by atoms with E-state index in [4.69, 9.17) is 0 Å². The number of nitrogens with one attached hydrogen (secondary N) is 2. The van der Waals surface area contributed by atoms with Crippen molar-refractivity contribution in [1.82, 2.24) is 14.8 Å². The van der Waals surface area contributed by atoms with E-state index in [2.05, 4.69) is 40.6 Å². The third kappa shape index (κ3) is 4.68. The Labute approximate surface area is 170 Å². The summed E-state index contributed by atoms with van der Waals surface area (Å²) in [6.07, 6.45) is 0.384. The van der Waals surface area contributed by atoms with Crippen molar-refractivity contribution >= 4 is 23.2 Å². The van der Waals surface area contributed by atoms with E-state index in [0.29, 0.717) is 29.5 Å². The molecule has 7 nitrogen and oxygen atoms in total. The molecule has 1 aromatic heterocycles. The van der Waals surface area contributed by atoms with Crippen LogP contribution in [0, 0.1) is 6.92 Å². The fraction of sp³-hybridized carbons (Fsp3) is 0.273. The molecular weight excluding hydrogens is 366 g/mol. The number of nitrogens with zero attached hydrogens (tertiary/aromatic N) is 3. The minimum atomic E-state index is -0.409. The highest BCUT2D eigenvalue weighted by molar-refractivity contribution is 6.02. The Kier molecular flexibility index (Phi) is 6.07. The topological polar surface area (TPSA) is 88.9 Å². The number of carbonyl (C=O) groups excluding carboxylic acids is 2. The number of rotatable bonds is 6. The number of aryl methyl sites for hydroxylation is 1. The van der Waals surface area contributed by atoms with Crippen molar-refractivity contribution < 1.29 is 9.59 Å². The highest BCUT2D eigenvalue weighted by Crippen LogP contribution is 2.23. The Hall–Kier alpha value is -3.48. The summed E-state index contributed by atoms with van der Waals surface area (Å²) >= 11 is 0. The van der Waals surface area contributed by atoms with Crippen molar-refractivity contribution in [3.63, 3.8) is 0 Å². The molecule has 0 radical (unpaired) electrons. The zero-order chi connectivity index (χ0) is 21.0. The SMILES string of the molecule is CCC(=O)Nc1cccc(NC(=O)c2nc(C)n(-c3ccccc3C(C)C)n2)c1. The lowest BCUT2D eigenvalue weighted by Crippen LogP contribution is -2.15. The molecule has 2 N–H and O–H groups in total. The van der Waals surface area contributed by atoms with Crippen molar-refractivity contribution in [1.29, 1.82) is 0 Å². The molecular formula is C22H25N5O2. The van der Waals surface area contributed by atoms with Crippen molar-refractivity contribution in [3.8, 4) is 5.69 Å². The first kappa shape index (κ1) is 20.3. The van der Waals surface area contributed by atoms with Crippen LogP contribution in [0.15, 0.2) is 48.5 Å². The number of hydrogen-bond acceptors (Lipinski definition) is 4. The minimum Gasteiger partial charge on any atom is -0.326 e. The van der Waals surface area contributed by atoms with Crippen LogP contribution in [0.3, 0.4) is 0 Å². The van der Waals surface area contributed by atoms with Gasteiger partial charge in [0.25, 0.3) is 5.91 Å². The molecule has 3 rings (SSSR count). The summed E-state index contributed by atoms with van der Waals surface area (Å²) in [5.74, 6) is 0.533. The molecule has 1 heterocycles. The number of aromatic nitrogens is 3. The molecule has 0 aliphatic heterocycles. The quantitative estimate of drug-likeness (QED) is 0.656. The Balaban J connectivity index is 1.83. The number of benzene rings is 2. The van der Waals surface area contributed by atoms with E-state index in [1.54, 1.807) is 35.9 Å². The lowest BCUT2D eigenvalue weighted by Gasteiger charge is -2.12. The van der Waals surface area contributed by atoms with Crippen LogP contribution in [0.1, 0.15) is 55.1 Å². The van der Waals surface area contributed by atoms with Gasteiger partial charge in [-0.3, -0.25) is 9.59 Å². The van der Waals surface area contributed by atoms with E-state index < -0.39 is 5.91 Å². The molecule has 0 fully saturated rings. The van der Waals surface area contributed by atoms with Gasteiger partial charge in [-0.05, 0) is 42.7 Å². The predicted molar refractivity (Wildman–Crippen MR) is 114 cm³/mol. The van der Waals surface area contributed by atoms with E-state index in [1.165, 1.54) is 0 Å². The van der Waals surface area contributed by atoms with Gasteiger partial charge in [0.2, 0.25) is 11.7 Å². The van der Waals surface area contributed by atoms with Crippen LogP contribution in [0.2, 0.25) is 0 Å². The molecule has 2 amide bonds. The number of anilines is 2. The van der Waals surface area contributed by atoms with Crippen LogP contribution >= 0.6 is 0 Å². The smallest absolute Gasteiger partial charge is 0.295 e. The average Bonchev–Trinajstić information content (AvgIpc) is 3.09. The molecule has 0 bridgehead atoms. The number of amides is 2. The molecule has 3 aromatic rings. The lowest BCUT2D eigenvalue weighted by atomic mass is 10.0. The van der Waals surface area contributed by atoms with Crippen LogP contribution < -0.4 is 10.6 Å². The Bertz CT molecular complexity index is 1040. The minimum absolute atomic E-state index is 0.0871. The summed E-state index contributed by atoms with van der Waals surface area (Å²) < 4.78 is 1.70. The fourth-order valence-corrected chi connectivity index (χ4v) is 2.99. The monoisotopic (exact) mass is 391 g/mol. The zero-order valence-corrected chi connectivity index (χ0v) is 17.1. The standard InChI is InChI=1S/C22H25N5O2/c1-5-20(28)24-16-9-8-10-17(13-16)25-22(29)21-23-15(4)27(26-21)19-12-7-6-11-18(19)14(2)3/h6-14H,5H2,1-4H3,(H,24,28)(H,25,29). The van der Waals surface area contributed by atoms with Gasteiger partial charge in [-0.2, -0.15) is 0 Å². The van der Waals surface area contributed by atoms with E-state index >= 15 is 0 Å². The molecule has 7 heteroatoms. The van der Waals surface area contributed by atoms with E-state index in [1.807, 2.05) is 25.1 Å². The molecule has 2 aromatic carbocycles. The first-order chi connectivity index (χ1) is 13.9. The third-order valence-corrected chi connectivity index (χ3v) is 4.48. The second-order valence-corrected chi connectivity index (χ2v) is 7.04. The van der Waals surface area contributed by atoms with Crippen LogP contribution in [0.25, 0.3) is 5.69 Å². The van der Waals surface area contributed by atoms with Gasteiger partial charge in [0.1, 0.15) is 5.82 Å². The highest BCUT2D eigenvalue weighted by Gasteiger charge is 2.18. The summed E-state index contributed by atoms with van der Waals surface area (Å²) in [7, 11) is 0. The lowest BCUT2D eigenvalue weighted by molar-refractivity contribution is -0.115. The van der Waals surface area contributed by atoms with Gasteiger partial charge >= 0.3 is 0 Å². The van der Waals surface area contributed by atoms with Crippen molar-refractivity contribution in [2.75, 3.05) is 10.6 Å². The average molecular weight is 391 g/mol. The maximum atomic E-state index is 12.7. The van der Waals surface area contributed by atoms with E-state index in [0.717, 1.165) is 11.3 Å². The molecule has 0 spiro atoms. The molecule has 0 unspecified atom stereocenters. The predicted octanol–water partition coefficient (Wildman–Crippen LogP) is 4.30. The molecule has 0 saturated carbocycles. The van der Waals surface area contributed by atoms with Gasteiger partial charge in [0, 0.05) is 17.8 Å². The summed E-state index contributed by atoms with van der Waals surface area (Å²) in [5, 5.41) is 9.99. The van der Waals surface area contributed by atoms with Crippen LogP contribution in [0.4, 0.5) is 11.4 Å². The summed E-state index contributed by atoms with van der Waals surface area (Å²) in [6.45, 7) is 7.83. The normalized spacial score (nSPS) is 10.8. The van der Waals surface area contributed by atoms with Crippen molar-refractivity contribution in [2.24, 2.45) is 0 Å². The summed E-state index contributed by atoms with van der Waals surface area (Å²) in [4.78, 5) is 28.6. The molecule has 150 valence electrons. The third-order valence-electron chi connectivity index (χ3n) is 4.48. The zero-order valence-electron chi connectivity index (χ0n) is 17.1. The molecule has 0 atom stereocenters. The number of para-hydroxylation sites is 1. The molecule has 0 aliphatic carbocycles. The van der Waals surface area contributed by atoms with E-state index in [-0.39, 0.29) is 11.7 Å². The first-order valence-electron chi connectivity index (χ1n) is 9.63. The molecule has 0 saturated heterocycles. The van der Waals surface area contributed by atoms with Gasteiger partial charge in [0.15, 0.2) is 0 Å². The Morgan fingerprint density at radius 2 is 1.72 bits per heavy atom. The second kappa shape index (κ2) is 8.68. The van der Waals surface area contributed by atoms with Crippen LogP contribution in [0.5, 0.6) is 0 Å². The first-order valence-corrected chi connectivity index (χ1v) is 9.63. The van der Waals surface area contributed by atoms with Gasteiger partial charge in [-0.25, -0.2) is 9.67 Å². The Morgan fingerprint density at radius 3 is 2.41 bits per heavy atom. The van der Waals surface area contributed by atoms with E-state index in [9.17, 15) is 9.59 Å². The molecule has 29 heavy (non-hydrogen) atoms. The number of hydrogen-bond donors (Lipinski definition) is 2. The summed E-state index contributed by atoms with van der Waals surface area (Å²) in [5.41, 5.74) is 3.22. The van der Waals surface area contributed by atoms with Gasteiger partial charge in [-0.1, -0.05) is 45.0 Å². The van der Waals surface area contributed by atoms with Gasteiger partial charge < -0.3 is 10.6 Å². The van der Waals surface area contributed by atoms with Gasteiger partial charge in [0.05, 0.1) is 5.69 Å². The van der Waals surface area contributed by atoms with Gasteiger partial charge in [-0.15, -0.1) is 5.10 Å². The van der Waals surface area contributed by atoms with Crippen molar-refractivity contribution in [3.05, 3.63) is 65.7 Å². The highest BCUT2D eigenvalue weighted by atomic mass is 16.2. The number of carbonyl (C=O) groups is 2. The maximum absolute atomic E-state index is 12.7. The largest absolute Gasteiger partial charge is 0.326 e. The summed E-state index contributed by atoms with van der Waals surface area (Å²) in [6, 6.07) is 14.9. The molecule has 0 aliphatic rings. The Morgan fingerprint density at radius 1 is 1.03 bits per heavy atom. The fourth-order valence-electron chi connectivity index (χ4n) is 2.99. The maximum Gasteiger partial charge on any atom is 0.295 e. The second-order valence-electron chi connectivity index (χ2n) is 7.04. The van der Waals surface area contributed by atoms with Crippen LogP contribution in [-0.2, 0) is 4.79 Å². The van der Waals surface area contributed by atoms with Crippen LogP contribution in [-0.4, -0.2) is 26.6 Å².